The minimum Gasteiger partial charge on any atom is -0.393 e. The molecule has 156 valence electrons. The lowest BCUT2D eigenvalue weighted by atomic mass is 9.45. The summed E-state index contributed by atoms with van der Waals surface area (Å²) in [6.45, 7) is 7.09. The van der Waals surface area contributed by atoms with Gasteiger partial charge in [0.15, 0.2) is 5.78 Å². The second-order valence-corrected chi connectivity index (χ2v) is 11.3. The molecule has 1 heterocycles. The number of hydrogen-bond acceptors (Lipinski definition) is 3. The van der Waals surface area contributed by atoms with E-state index in [-0.39, 0.29) is 11.5 Å². The van der Waals surface area contributed by atoms with Crippen LogP contribution in [0.2, 0.25) is 0 Å². The van der Waals surface area contributed by atoms with Crippen LogP contribution in [0.3, 0.4) is 0 Å². The maximum absolute atomic E-state index is 13.5. The summed E-state index contributed by atoms with van der Waals surface area (Å²) in [5, 5.41) is 10.2. The molecular formula is C25H39NO2. The van der Waals surface area contributed by atoms with Crippen molar-refractivity contribution in [3.63, 3.8) is 0 Å². The second-order valence-electron chi connectivity index (χ2n) is 11.3. The minimum absolute atomic E-state index is 0.0735. The van der Waals surface area contributed by atoms with Gasteiger partial charge in [-0.25, -0.2) is 0 Å². The highest BCUT2D eigenvalue weighted by Gasteiger charge is 2.61. The second kappa shape index (κ2) is 6.86. The van der Waals surface area contributed by atoms with E-state index in [0.29, 0.717) is 29.0 Å². The Bertz CT molecular complexity index is 665. The third kappa shape index (κ3) is 2.82. The summed E-state index contributed by atoms with van der Waals surface area (Å²) in [6.07, 6.45) is 15.1. The Morgan fingerprint density at radius 3 is 2.57 bits per heavy atom. The predicted octanol–water partition coefficient (Wildman–Crippen LogP) is 4.94. The molecule has 7 atom stereocenters. The van der Waals surface area contributed by atoms with E-state index in [9.17, 15) is 9.90 Å². The number of hydrogen-bond donors (Lipinski definition) is 1. The summed E-state index contributed by atoms with van der Waals surface area (Å²) in [5.41, 5.74) is 1.42. The number of carbonyl (C=O) groups is 1. The third-order valence-corrected chi connectivity index (χ3v) is 10.0. The van der Waals surface area contributed by atoms with Crippen molar-refractivity contribution in [2.75, 3.05) is 13.1 Å². The van der Waals surface area contributed by atoms with Crippen LogP contribution >= 0.6 is 0 Å². The van der Waals surface area contributed by atoms with Gasteiger partial charge in [0, 0.05) is 30.3 Å². The summed E-state index contributed by atoms with van der Waals surface area (Å²) >= 11 is 0. The van der Waals surface area contributed by atoms with Crippen molar-refractivity contribution in [2.45, 2.75) is 90.6 Å². The van der Waals surface area contributed by atoms with Crippen LogP contribution in [0.4, 0.5) is 0 Å². The third-order valence-electron chi connectivity index (χ3n) is 10.0. The number of Topliss-reactive ketones (excluding diaryl/α,β-unsaturated/α-hetero) is 1. The Labute approximate surface area is 170 Å². The lowest BCUT2D eigenvalue weighted by molar-refractivity contribution is -0.141. The van der Waals surface area contributed by atoms with E-state index in [1.54, 1.807) is 0 Å². The first-order valence-electron chi connectivity index (χ1n) is 12.1. The number of fused-ring (bicyclic) bond motifs is 5. The van der Waals surface area contributed by atoms with Crippen molar-refractivity contribution in [3.8, 4) is 0 Å². The fraction of sp³-hybridized carbons (Fsp3) is 0.880. The van der Waals surface area contributed by atoms with Crippen molar-refractivity contribution in [3.05, 3.63) is 11.8 Å². The first-order valence-corrected chi connectivity index (χ1v) is 12.1. The van der Waals surface area contributed by atoms with E-state index in [1.807, 2.05) is 0 Å². The molecule has 0 radical (unpaired) electrons. The Morgan fingerprint density at radius 1 is 1.00 bits per heavy atom. The van der Waals surface area contributed by atoms with E-state index in [4.69, 9.17) is 0 Å². The minimum atomic E-state index is -0.111. The number of piperidine rings is 1. The molecule has 0 amide bonds. The monoisotopic (exact) mass is 385 g/mol. The molecule has 0 spiro atoms. The van der Waals surface area contributed by atoms with Gasteiger partial charge in [-0.3, -0.25) is 4.79 Å². The topological polar surface area (TPSA) is 40.5 Å². The normalized spacial score (nSPS) is 50.2. The van der Waals surface area contributed by atoms with Crippen LogP contribution in [0.5, 0.6) is 0 Å². The summed E-state index contributed by atoms with van der Waals surface area (Å²) < 4.78 is 0. The molecule has 1 N–H and O–H groups in total. The SMILES string of the molecule is C[C@]12CC[C@H](O)C[C@@H]1CC[C@@H]1[C@@H]2CC[C@]2(C)C(=O)/C(=C/N3CCCCC3)C[C@@H]12. The van der Waals surface area contributed by atoms with E-state index in [1.165, 1.54) is 44.9 Å². The molecule has 4 saturated carbocycles. The van der Waals surface area contributed by atoms with Gasteiger partial charge in [-0.05, 0) is 99.7 Å². The molecule has 5 fully saturated rings. The highest BCUT2D eigenvalue weighted by Crippen LogP contribution is 2.66. The number of likely N-dealkylation sites (tertiary alicyclic amines) is 1. The molecule has 3 nitrogen and oxygen atoms in total. The molecule has 5 aliphatic rings. The van der Waals surface area contributed by atoms with Gasteiger partial charge in [0.2, 0.25) is 0 Å². The van der Waals surface area contributed by atoms with Gasteiger partial charge < -0.3 is 10.0 Å². The van der Waals surface area contributed by atoms with Gasteiger partial charge in [0.25, 0.3) is 0 Å². The lowest BCUT2D eigenvalue weighted by Crippen LogP contribution is -2.54. The maximum Gasteiger partial charge on any atom is 0.166 e. The molecule has 3 heteroatoms. The van der Waals surface area contributed by atoms with Gasteiger partial charge in [-0.2, -0.15) is 0 Å². The largest absolute Gasteiger partial charge is 0.393 e. The van der Waals surface area contributed by atoms with Crippen LogP contribution in [0.1, 0.15) is 84.5 Å². The molecule has 0 aromatic heterocycles. The van der Waals surface area contributed by atoms with Crippen LogP contribution < -0.4 is 0 Å². The van der Waals surface area contributed by atoms with Gasteiger partial charge >= 0.3 is 0 Å². The van der Waals surface area contributed by atoms with Crippen molar-refractivity contribution in [1.82, 2.24) is 4.90 Å². The summed E-state index contributed by atoms with van der Waals surface area (Å²) in [6, 6.07) is 0. The molecule has 1 saturated heterocycles. The number of aliphatic hydroxyl groups is 1. The summed E-state index contributed by atoms with van der Waals surface area (Å²) in [5.74, 6) is 3.21. The number of ketones is 1. The van der Waals surface area contributed by atoms with Gasteiger partial charge in [0.05, 0.1) is 6.10 Å². The van der Waals surface area contributed by atoms with Crippen LogP contribution in [-0.4, -0.2) is 35.0 Å². The van der Waals surface area contributed by atoms with Crippen LogP contribution in [-0.2, 0) is 4.79 Å². The van der Waals surface area contributed by atoms with E-state index in [2.05, 4.69) is 24.9 Å². The molecule has 28 heavy (non-hydrogen) atoms. The molecule has 5 rings (SSSR count). The standard InChI is InChI=1S/C25H39NO2/c1-24-10-8-19(27)15-18(24)6-7-20-21(24)9-11-25(2)22(20)14-17(23(25)28)16-26-12-4-3-5-13-26/h16,18-22,27H,3-15H2,1-2H3/b17-16+/t18-,19-,20+,21-,22-,24-,25-/m0/s1. The zero-order valence-corrected chi connectivity index (χ0v) is 18.0. The van der Waals surface area contributed by atoms with Gasteiger partial charge in [-0.15, -0.1) is 0 Å². The average molecular weight is 386 g/mol. The Balaban J connectivity index is 1.40. The number of rotatable bonds is 1. The molecular weight excluding hydrogens is 346 g/mol. The molecule has 4 aliphatic carbocycles. The first kappa shape index (κ1) is 19.2. The number of aliphatic hydroxyl groups excluding tert-OH is 1. The molecule has 0 aromatic carbocycles. The zero-order chi connectivity index (χ0) is 19.5. The van der Waals surface area contributed by atoms with Crippen molar-refractivity contribution >= 4 is 5.78 Å². The number of allylic oxidation sites excluding steroid dienone is 1. The molecule has 0 aromatic rings. The lowest BCUT2D eigenvalue weighted by Gasteiger charge is -2.59. The van der Waals surface area contributed by atoms with Crippen LogP contribution in [0.15, 0.2) is 11.8 Å². The Hall–Kier alpha value is -0.830. The fourth-order valence-corrected chi connectivity index (χ4v) is 8.29. The highest BCUT2D eigenvalue weighted by atomic mass is 16.3. The smallest absolute Gasteiger partial charge is 0.166 e. The number of nitrogens with zero attached hydrogens (tertiary/aromatic N) is 1. The first-order chi connectivity index (χ1) is 13.4. The Kier molecular flexibility index (Phi) is 4.69. The zero-order valence-electron chi connectivity index (χ0n) is 18.0. The van der Waals surface area contributed by atoms with Gasteiger partial charge in [-0.1, -0.05) is 13.8 Å². The van der Waals surface area contributed by atoms with Crippen molar-refractivity contribution in [2.24, 2.45) is 34.5 Å². The molecule has 0 bridgehead atoms. The quantitative estimate of drug-likeness (QED) is 0.650. The summed E-state index contributed by atoms with van der Waals surface area (Å²) in [4.78, 5) is 15.9. The Morgan fingerprint density at radius 2 is 1.79 bits per heavy atom. The number of carbonyl (C=O) groups excluding carboxylic acids is 1. The molecule has 0 unspecified atom stereocenters. The van der Waals surface area contributed by atoms with Crippen LogP contribution in [0.25, 0.3) is 0 Å². The summed E-state index contributed by atoms with van der Waals surface area (Å²) in [7, 11) is 0. The van der Waals surface area contributed by atoms with Crippen molar-refractivity contribution < 1.29 is 9.90 Å². The average Bonchev–Trinajstić information content (AvgIpc) is 2.94. The maximum atomic E-state index is 13.5. The van der Waals surface area contributed by atoms with Gasteiger partial charge in [0.1, 0.15) is 0 Å². The van der Waals surface area contributed by atoms with E-state index >= 15 is 0 Å². The van der Waals surface area contributed by atoms with Crippen LogP contribution in [0, 0.1) is 34.5 Å². The van der Waals surface area contributed by atoms with Crippen molar-refractivity contribution in [1.29, 1.82) is 0 Å². The van der Waals surface area contributed by atoms with E-state index < -0.39 is 0 Å². The van der Waals surface area contributed by atoms with E-state index in [0.717, 1.165) is 50.3 Å². The predicted molar refractivity (Wildman–Crippen MR) is 112 cm³/mol. The fourth-order valence-electron chi connectivity index (χ4n) is 8.29. The highest BCUT2D eigenvalue weighted by molar-refractivity contribution is 6.02. The molecule has 1 aliphatic heterocycles.